The van der Waals surface area contributed by atoms with Gasteiger partial charge in [0.05, 0.1) is 0 Å². The smallest absolute Gasteiger partial charge is 0.346 e. The average Bonchev–Trinajstić information content (AvgIpc) is 1.89. The molecule has 0 aromatic rings. The molecule has 10 heavy (non-hydrogen) atoms. The van der Waals surface area contributed by atoms with Crippen molar-refractivity contribution in [2.75, 3.05) is 0 Å². The molecule has 5 heteroatoms. The zero-order valence-corrected chi connectivity index (χ0v) is 5.50. The van der Waals surface area contributed by atoms with Gasteiger partial charge in [0, 0.05) is 6.42 Å². The number of carboxylic acids is 2. The van der Waals surface area contributed by atoms with Gasteiger partial charge in [-0.2, -0.15) is 0 Å². The molecule has 0 saturated carbocycles. The van der Waals surface area contributed by atoms with Crippen molar-refractivity contribution in [3.8, 4) is 0 Å². The van der Waals surface area contributed by atoms with Crippen molar-refractivity contribution in [2.24, 2.45) is 0 Å². The average molecular weight is 147 g/mol. The molecule has 0 amide bonds. The Morgan fingerprint density at radius 3 is 1.70 bits per heavy atom. The molecule has 58 valence electrons. The van der Waals surface area contributed by atoms with E-state index in [9.17, 15) is 4.79 Å². The molecule has 0 heterocycles. The van der Waals surface area contributed by atoms with Crippen molar-refractivity contribution in [3.63, 3.8) is 0 Å². The molecule has 0 atom stereocenters. The number of nitrogens with one attached hydrogen (secondary N) is 1. The molecule has 3 N–H and O–H groups in total. The summed E-state index contributed by atoms with van der Waals surface area (Å²) in [4.78, 5) is 18.5. The number of hydrogen-bond donors (Lipinski definition) is 3. The van der Waals surface area contributed by atoms with Crippen LogP contribution in [0.3, 0.4) is 0 Å². The molecule has 0 aliphatic carbocycles. The van der Waals surface area contributed by atoms with Crippen LogP contribution in [-0.2, 0) is 9.59 Å². The van der Waals surface area contributed by atoms with Crippen LogP contribution in [0.25, 0.3) is 0 Å². The lowest BCUT2D eigenvalue weighted by Gasteiger charge is -1.71. The molecule has 0 aromatic carbocycles. The second-order valence-electron chi connectivity index (χ2n) is 1.23. The van der Waals surface area contributed by atoms with Gasteiger partial charge in [0.15, 0.2) is 0 Å². The van der Waals surface area contributed by atoms with Gasteiger partial charge in [-0.1, -0.05) is 6.92 Å². The lowest BCUT2D eigenvalue weighted by Crippen LogP contribution is -1.91. The summed E-state index contributed by atoms with van der Waals surface area (Å²) in [5.74, 6) is -1.95. The molecule has 0 aromatic heterocycles. The van der Waals surface area contributed by atoms with Crippen molar-refractivity contribution in [3.05, 3.63) is 0 Å². The molecule has 5 nitrogen and oxygen atoms in total. The van der Waals surface area contributed by atoms with E-state index in [0.717, 1.165) is 0 Å². The summed E-state index contributed by atoms with van der Waals surface area (Å²) in [6.45, 7) is 1.60. The topological polar surface area (TPSA) is 98.5 Å². The molecule has 0 saturated heterocycles. The van der Waals surface area contributed by atoms with E-state index in [1.165, 1.54) is 0 Å². The zero-order chi connectivity index (χ0) is 8.57. The fourth-order valence-electron chi connectivity index (χ4n) is 0. The van der Waals surface area contributed by atoms with Crippen LogP contribution >= 0.6 is 0 Å². The van der Waals surface area contributed by atoms with Gasteiger partial charge in [-0.15, -0.1) is 0 Å². The van der Waals surface area contributed by atoms with E-state index in [-0.39, 0.29) is 6.42 Å². The van der Waals surface area contributed by atoms with Crippen LogP contribution in [0.4, 0.5) is 0 Å². The van der Waals surface area contributed by atoms with Crippen molar-refractivity contribution >= 4 is 18.2 Å². The highest BCUT2D eigenvalue weighted by atomic mass is 16.4. The van der Waals surface area contributed by atoms with E-state index >= 15 is 0 Å². The first-order valence-electron chi connectivity index (χ1n) is 2.49. The standard InChI is InChI=1S/C3H6O2.C2H3NO2/c1-2-3(4)5;3-1-2(4)5/h2H2,1H3,(H,4,5);1,3H,(H,4,5). The van der Waals surface area contributed by atoms with Crippen molar-refractivity contribution in [1.29, 1.82) is 5.41 Å². The molecule has 0 fully saturated rings. The quantitative estimate of drug-likeness (QED) is 0.486. The molecular weight excluding hydrogens is 138 g/mol. The summed E-state index contributed by atoms with van der Waals surface area (Å²) in [6.07, 6.45) is 0.556. The van der Waals surface area contributed by atoms with Crippen molar-refractivity contribution in [1.82, 2.24) is 0 Å². The summed E-state index contributed by atoms with van der Waals surface area (Å²) in [6, 6.07) is 0. The predicted molar refractivity (Wildman–Crippen MR) is 34.3 cm³/mol. The number of carbonyl (C=O) groups is 2. The van der Waals surface area contributed by atoms with Gasteiger partial charge in [-0.25, -0.2) is 4.79 Å². The monoisotopic (exact) mass is 147 g/mol. The number of rotatable bonds is 2. The highest BCUT2D eigenvalue weighted by molar-refractivity contribution is 6.20. The maximum Gasteiger partial charge on any atom is 0.346 e. The molecule has 0 bridgehead atoms. The van der Waals surface area contributed by atoms with Crippen LogP contribution in [0.5, 0.6) is 0 Å². The van der Waals surface area contributed by atoms with Gasteiger partial charge in [0.25, 0.3) is 0 Å². The van der Waals surface area contributed by atoms with E-state index in [1.54, 1.807) is 6.92 Å². The Labute approximate surface area is 57.8 Å². The van der Waals surface area contributed by atoms with E-state index in [0.29, 0.717) is 6.21 Å². The summed E-state index contributed by atoms with van der Waals surface area (Å²) in [7, 11) is 0. The normalized spacial score (nSPS) is 6.90. The zero-order valence-electron chi connectivity index (χ0n) is 5.50. The Kier molecular flexibility index (Phi) is 8.68. The summed E-state index contributed by atoms with van der Waals surface area (Å²) in [5, 5.41) is 21.1. The van der Waals surface area contributed by atoms with Gasteiger partial charge in [0.1, 0.15) is 6.21 Å². The van der Waals surface area contributed by atoms with Crippen LogP contribution in [0.1, 0.15) is 13.3 Å². The van der Waals surface area contributed by atoms with Crippen LogP contribution < -0.4 is 0 Å². The van der Waals surface area contributed by atoms with Crippen LogP contribution in [0, 0.1) is 5.41 Å². The Morgan fingerprint density at radius 2 is 1.70 bits per heavy atom. The van der Waals surface area contributed by atoms with Crippen molar-refractivity contribution < 1.29 is 19.8 Å². The maximum absolute atomic E-state index is 9.37. The Balaban J connectivity index is 0. The lowest BCUT2D eigenvalue weighted by molar-refractivity contribution is -0.136. The predicted octanol–water partition coefficient (Wildman–Crippen LogP) is 0.202. The second-order valence-corrected chi connectivity index (χ2v) is 1.23. The minimum Gasteiger partial charge on any atom is -0.481 e. The molecule has 0 rings (SSSR count). The SMILES string of the molecule is CCC(=O)O.N=CC(=O)O. The van der Waals surface area contributed by atoms with Crippen LogP contribution in [0.15, 0.2) is 0 Å². The third kappa shape index (κ3) is 30.5. The third-order valence-corrected chi connectivity index (χ3v) is 0.426. The Hall–Kier alpha value is -1.39. The second kappa shape index (κ2) is 7.61. The van der Waals surface area contributed by atoms with E-state index in [2.05, 4.69) is 0 Å². The van der Waals surface area contributed by atoms with Crippen LogP contribution in [-0.4, -0.2) is 28.4 Å². The largest absolute Gasteiger partial charge is 0.481 e. The van der Waals surface area contributed by atoms with Gasteiger partial charge >= 0.3 is 11.9 Å². The Bertz CT molecular complexity index is 132. The lowest BCUT2D eigenvalue weighted by atomic mass is 10.5. The minimum atomic E-state index is -1.20. The third-order valence-electron chi connectivity index (χ3n) is 0.426. The van der Waals surface area contributed by atoms with Gasteiger partial charge in [0.2, 0.25) is 0 Å². The Morgan fingerprint density at radius 1 is 1.50 bits per heavy atom. The summed E-state index contributed by atoms with van der Waals surface area (Å²) >= 11 is 0. The molecule has 0 unspecified atom stereocenters. The fraction of sp³-hybridized carbons (Fsp3) is 0.400. The van der Waals surface area contributed by atoms with E-state index < -0.39 is 11.9 Å². The first-order chi connectivity index (χ1) is 4.54. The number of aliphatic carboxylic acids is 2. The van der Waals surface area contributed by atoms with Gasteiger partial charge in [-0.3, -0.25) is 4.79 Å². The minimum absolute atomic E-state index is 0.222. The molecule has 0 radical (unpaired) electrons. The van der Waals surface area contributed by atoms with Gasteiger partial charge in [-0.05, 0) is 0 Å². The number of hydrogen-bond acceptors (Lipinski definition) is 3. The summed E-state index contributed by atoms with van der Waals surface area (Å²) in [5.41, 5.74) is 0. The highest BCUT2D eigenvalue weighted by Gasteiger charge is 1.80. The first kappa shape index (κ1) is 11.4. The molecule has 0 aliphatic rings. The van der Waals surface area contributed by atoms with Crippen molar-refractivity contribution in [2.45, 2.75) is 13.3 Å². The van der Waals surface area contributed by atoms with Crippen LogP contribution in [0.2, 0.25) is 0 Å². The van der Waals surface area contributed by atoms with E-state index in [1.807, 2.05) is 0 Å². The molecule has 0 aliphatic heterocycles. The van der Waals surface area contributed by atoms with Gasteiger partial charge < -0.3 is 15.6 Å². The molecular formula is C5H9NO4. The first-order valence-corrected chi connectivity index (χ1v) is 2.49. The van der Waals surface area contributed by atoms with E-state index in [4.69, 9.17) is 20.4 Å². The molecule has 0 spiro atoms. The maximum atomic E-state index is 9.37. The fourth-order valence-corrected chi connectivity index (χ4v) is 0. The highest BCUT2D eigenvalue weighted by Crippen LogP contribution is 1.67. The summed E-state index contributed by atoms with van der Waals surface area (Å²) < 4.78 is 0. The number of carboxylic acid groups (broad SMARTS) is 2.